The normalized spacial score (nSPS) is 10.2. The van der Waals surface area contributed by atoms with Crippen molar-refractivity contribution in [1.29, 1.82) is 0 Å². The Bertz CT molecular complexity index is 625. The zero-order chi connectivity index (χ0) is 13.1. The lowest BCUT2D eigenvalue weighted by Crippen LogP contribution is -2.08. The molecule has 0 bridgehead atoms. The molecule has 1 aromatic heterocycles. The number of hydrogen-bond donors (Lipinski definition) is 1. The van der Waals surface area contributed by atoms with Crippen LogP contribution in [0.2, 0.25) is 0 Å². The highest BCUT2D eigenvalue weighted by molar-refractivity contribution is 9.10. The van der Waals surface area contributed by atoms with Crippen molar-refractivity contribution in [3.05, 3.63) is 44.9 Å². The molecule has 1 heterocycles. The van der Waals surface area contributed by atoms with E-state index in [2.05, 4.69) is 25.9 Å². The Labute approximate surface area is 112 Å². The van der Waals surface area contributed by atoms with Crippen LogP contribution in [0.3, 0.4) is 0 Å². The first kappa shape index (κ1) is 12.6. The van der Waals surface area contributed by atoms with Gasteiger partial charge in [-0.15, -0.1) is 0 Å². The molecule has 0 saturated carbocycles. The van der Waals surface area contributed by atoms with Crippen molar-refractivity contribution in [2.24, 2.45) is 0 Å². The van der Waals surface area contributed by atoms with Crippen LogP contribution in [0.5, 0.6) is 17.4 Å². The highest BCUT2D eigenvalue weighted by Gasteiger charge is 2.11. The van der Waals surface area contributed by atoms with Gasteiger partial charge in [-0.05, 0) is 40.5 Å². The topological polar surface area (TPSA) is 64.2 Å². The zero-order valence-corrected chi connectivity index (χ0v) is 11.4. The van der Waals surface area contributed by atoms with Crippen molar-refractivity contribution in [2.75, 3.05) is 7.11 Å². The lowest BCUT2D eigenvalue weighted by molar-refractivity contribution is 0.372. The average Bonchev–Trinajstić information content (AvgIpc) is 2.37. The van der Waals surface area contributed by atoms with Gasteiger partial charge in [-0.3, -0.25) is 4.79 Å². The van der Waals surface area contributed by atoms with Crippen LogP contribution in [-0.4, -0.2) is 17.1 Å². The summed E-state index contributed by atoms with van der Waals surface area (Å²) < 4.78 is 11.0. The van der Waals surface area contributed by atoms with E-state index < -0.39 is 0 Å². The van der Waals surface area contributed by atoms with E-state index in [9.17, 15) is 4.79 Å². The lowest BCUT2D eigenvalue weighted by Gasteiger charge is -2.10. The second kappa shape index (κ2) is 5.22. The molecule has 6 heteroatoms. The van der Waals surface area contributed by atoms with Crippen molar-refractivity contribution >= 4 is 15.9 Å². The summed E-state index contributed by atoms with van der Waals surface area (Å²) in [5, 5.41) is 0. The first-order valence-corrected chi connectivity index (χ1v) is 5.97. The van der Waals surface area contributed by atoms with Crippen LogP contribution >= 0.6 is 15.9 Å². The molecular weight excluding hydrogens is 300 g/mol. The molecule has 0 radical (unpaired) electrons. The molecule has 1 N–H and O–H groups in total. The number of ether oxygens (including phenoxy) is 2. The van der Waals surface area contributed by atoms with E-state index in [1.54, 1.807) is 13.2 Å². The Morgan fingerprint density at radius 3 is 2.83 bits per heavy atom. The molecule has 0 fully saturated rings. The third kappa shape index (κ3) is 2.53. The molecule has 5 nitrogen and oxygen atoms in total. The van der Waals surface area contributed by atoms with Gasteiger partial charge in [0.1, 0.15) is 4.47 Å². The second-order valence-corrected chi connectivity index (χ2v) is 4.40. The summed E-state index contributed by atoms with van der Waals surface area (Å²) in [7, 11) is 1.56. The van der Waals surface area contributed by atoms with E-state index in [1.807, 2.05) is 19.1 Å². The predicted octanol–water partition coefficient (Wildman–Crippen LogP) is 2.64. The number of aromatic amines is 1. The summed E-state index contributed by atoms with van der Waals surface area (Å²) in [6.45, 7) is 1.95. The van der Waals surface area contributed by atoms with Gasteiger partial charge in [0.05, 0.1) is 13.4 Å². The van der Waals surface area contributed by atoms with Crippen molar-refractivity contribution in [2.45, 2.75) is 6.92 Å². The monoisotopic (exact) mass is 310 g/mol. The molecule has 0 unspecified atom stereocenters. The Hall–Kier alpha value is -1.82. The van der Waals surface area contributed by atoms with E-state index in [0.29, 0.717) is 11.5 Å². The van der Waals surface area contributed by atoms with Gasteiger partial charge in [-0.25, -0.2) is 4.98 Å². The molecular formula is C12H11BrN2O3. The summed E-state index contributed by atoms with van der Waals surface area (Å²) in [5.41, 5.74) is 0.753. The molecule has 18 heavy (non-hydrogen) atoms. The minimum Gasteiger partial charge on any atom is -0.493 e. The third-order valence-corrected chi connectivity index (χ3v) is 2.99. The summed E-state index contributed by atoms with van der Waals surface area (Å²) >= 11 is 3.13. The maximum atomic E-state index is 11.4. The minimum absolute atomic E-state index is 0.195. The number of rotatable bonds is 3. The summed E-state index contributed by atoms with van der Waals surface area (Å²) in [6.07, 6.45) is 1.28. The molecule has 0 atom stereocenters. The van der Waals surface area contributed by atoms with Gasteiger partial charge in [-0.2, -0.15) is 0 Å². The van der Waals surface area contributed by atoms with Gasteiger partial charge in [-0.1, -0.05) is 6.07 Å². The maximum absolute atomic E-state index is 11.4. The minimum atomic E-state index is -0.300. The van der Waals surface area contributed by atoms with E-state index in [1.165, 1.54) is 6.33 Å². The quantitative estimate of drug-likeness (QED) is 0.946. The Balaban J connectivity index is 2.40. The fraction of sp³-hybridized carbons (Fsp3) is 0.167. The van der Waals surface area contributed by atoms with Crippen LogP contribution in [0.1, 0.15) is 5.56 Å². The molecule has 1 aromatic carbocycles. The second-order valence-electron chi connectivity index (χ2n) is 3.61. The summed E-state index contributed by atoms with van der Waals surface area (Å²) in [6, 6.07) is 5.50. The number of benzene rings is 1. The fourth-order valence-corrected chi connectivity index (χ4v) is 1.70. The van der Waals surface area contributed by atoms with Crippen LogP contribution in [0.4, 0.5) is 0 Å². The highest BCUT2D eigenvalue weighted by Crippen LogP contribution is 2.32. The molecule has 2 rings (SSSR count). The first-order chi connectivity index (χ1) is 8.61. The standard InChI is InChI=1S/C12H11BrN2O3/c1-7-3-4-8(9(5-7)17-2)18-12-10(13)11(16)14-6-15-12/h3-6H,1-2H3,(H,14,15,16). The molecule has 0 amide bonds. The van der Waals surface area contributed by atoms with Crippen molar-refractivity contribution in [1.82, 2.24) is 9.97 Å². The average molecular weight is 311 g/mol. The van der Waals surface area contributed by atoms with Crippen LogP contribution in [0.25, 0.3) is 0 Å². The van der Waals surface area contributed by atoms with Gasteiger partial charge >= 0.3 is 0 Å². The Morgan fingerprint density at radius 2 is 2.11 bits per heavy atom. The van der Waals surface area contributed by atoms with Crippen LogP contribution in [-0.2, 0) is 0 Å². The third-order valence-electron chi connectivity index (χ3n) is 2.29. The molecule has 94 valence electrons. The summed E-state index contributed by atoms with van der Waals surface area (Å²) in [5.74, 6) is 1.28. The number of nitrogens with zero attached hydrogens (tertiary/aromatic N) is 1. The number of H-pyrrole nitrogens is 1. The van der Waals surface area contributed by atoms with E-state index >= 15 is 0 Å². The number of methoxy groups -OCH3 is 1. The highest BCUT2D eigenvalue weighted by atomic mass is 79.9. The SMILES string of the molecule is COc1cc(C)ccc1Oc1nc[nH]c(=O)c1Br. The van der Waals surface area contributed by atoms with Gasteiger partial charge in [0.25, 0.3) is 5.56 Å². The number of aryl methyl sites for hydroxylation is 1. The van der Waals surface area contributed by atoms with E-state index in [0.717, 1.165) is 5.56 Å². The first-order valence-electron chi connectivity index (χ1n) is 5.17. The molecule has 0 aliphatic heterocycles. The van der Waals surface area contributed by atoms with Gasteiger partial charge in [0.2, 0.25) is 5.88 Å². The number of hydrogen-bond acceptors (Lipinski definition) is 4. The predicted molar refractivity (Wildman–Crippen MR) is 70.4 cm³/mol. The van der Waals surface area contributed by atoms with E-state index in [4.69, 9.17) is 9.47 Å². The fourth-order valence-electron chi connectivity index (χ4n) is 1.40. The van der Waals surface area contributed by atoms with Crippen LogP contribution < -0.4 is 15.0 Å². The molecule has 0 aliphatic rings. The van der Waals surface area contributed by atoms with Crippen molar-refractivity contribution in [3.8, 4) is 17.4 Å². The molecule has 0 spiro atoms. The molecule has 0 saturated heterocycles. The smallest absolute Gasteiger partial charge is 0.268 e. The van der Waals surface area contributed by atoms with Crippen molar-refractivity contribution < 1.29 is 9.47 Å². The molecule has 2 aromatic rings. The number of aromatic nitrogens is 2. The number of halogens is 1. The number of nitrogens with one attached hydrogen (secondary N) is 1. The lowest BCUT2D eigenvalue weighted by atomic mass is 10.2. The zero-order valence-electron chi connectivity index (χ0n) is 9.86. The summed E-state index contributed by atoms with van der Waals surface area (Å²) in [4.78, 5) is 17.8. The van der Waals surface area contributed by atoms with Gasteiger partial charge < -0.3 is 14.5 Å². The Morgan fingerprint density at radius 1 is 1.33 bits per heavy atom. The largest absolute Gasteiger partial charge is 0.493 e. The van der Waals surface area contributed by atoms with E-state index in [-0.39, 0.29) is 15.9 Å². The van der Waals surface area contributed by atoms with Gasteiger partial charge in [0, 0.05) is 0 Å². The van der Waals surface area contributed by atoms with Crippen LogP contribution in [0.15, 0.2) is 33.8 Å². The van der Waals surface area contributed by atoms with Crippen molar-refractivity contribution in [3.63, 3.8) is 0 Å². The molecule has 0 aliphatic carbocycles. The maximum Gasteiger partial charge on any atom is 0.268 e. The van der Waals surface area contributed by atoms with Gasteiger partial charge in [0.15, 0.2) is 11.5 Å². The van der Waals surface area contributed by atoms with Crippen LogP contribution in [0, 0.1) is 6.92 Å². The Kier molecular flexibility index (Phi) is 3.66.